The summed E-state index contributed by atoms with van der Waals surface area (Å²) in [4.78, 5) is 45.7. The molecule has 1 aliphatic rings. The topological polar surface area (TPSA) is 133 Å². The Bertz CT molecular complexity index is 745. The molecule has 1 saturated heterocycles. The van der Waals surface area contributed by atoms with Crippen LogP contribution < -0.4 is 10.5 Å². The van der Waals surface area contributed by atoms with E-state index in [0.717, 1.165) is 0 Å². The van der Waals surface area contributed by atoms with Gasteiger partial charge in [0.1, 0.15) is 12.3 Å². The number of nitro benzene ring substituents is 1. The number of nitrogens with zero attached hydrogens (tertiary/aromatic N) is 2. The average molecular weight is 337 g/mol. The smallest absolute Gasteiger partial charge is 0.294 e. The average Bonchev–Trinajstić information content (AvgIpc) is 2.74. The molecule has 0 radical (unpaired) electrons. The summed E-state index contributed by atoms with van der Waals surface area (Å²) in [6.45, 7) is -0.520. The number of ether oxygens (including phenoxy) is 1. The second-order valence-electron chi connectivity index (χ2n) is 4.42. The molecule has 0 spiro atoms. The number of non-ortho nitro benzene ring substituents is 1. The number of rotatable bonds is 5. The Morgan fingerprint density at radius 2 is 2.17 bits per heavy atom. The molecule has 0 atom stereocenters. The zero-order valence-electron chi connectivity index (χ0n) is 11.8. The highest BCUT2D eigenvalue weighted by Gasteiger charge is 2.36. The number of hydrogen-bond acceptors (Lipinski definition) is 7. The minimum absolute atomic E-state index is 0.0232. The van der Waals surface area contributed by atoms with E-state index in [2.05, 4.69) is 0 Å². The SMILES string of the molecule is COc1ccc([N+](=O)[O-])cc1/C=C1\SC(=O)N(CC(N)=O)C1=O. The lowest BCUT2D eigenvalue weighted by atomic mass is 10.1. The first kappa shape index (κ1) is 16.5. The van der Waals surface area contributed by atoms with Crippen LogP contribution in [0.3, 0.4) is 0 Å². The van der Waals surface area contributed by atoms with Gasteiger partial charge >= 0.3 is 0 Å². The van der Waals surface area contributed by atoms with Crippen LogP contribution in [0.15, 0.2) is 23.1 Å². The first-order valence-corrected chi connectivity index (χ1v) is 7.01. The first-order valence-electron chi connectivity index (χ1n) is 6.19. The quantitative estimate of drug-likeness (QED) is 0.483. The molecule has 1 aromatic rings. The van der Waals surface area contributed by atoms with Gasteiger partial charge in [0, 0.05) is 17.7 Å². The number of imide groups is 1. The predicted octanol–water partition coefficient (Wildman–Crippen LogP) is 1.12. The maximum absolute atomic E-state index is 12.1. The molecule has 9 nitrogen and oxygen atoms in total. The Hall–Kier alpha value is -2.88. The van der Waals surface area contributed by atoms with Gasteiger partial charge in [0.15, 0.2) is 0 Å². The maximum Gasteiger partial charge on any atom is 0.294 e. The van der Waals surface area contributed by atoms with E-state index in [1.165, 1.54) is 31.4 Å². The third-order valence-corrected chi connectivity index (χ3v) is 3.81. The van der Waals surface area contributed by atoms with Crippen molar-refractivity contribution < 1.29 is 24.0 Å². The van der Waals surface area contributed by atoms with Gasteiger partial charge in [0.05, 0.1) is 16.9 Å². The lowest BCUT2D eigenvalue weighted by Crippen LogP contribution is -2.36. The normalized spacial score (nSPS) is 16.0. The van der Waals surface area contributed by atoms with Crippen LogP contribution in [-0.2, 0) is 9.59 Å². The van der Waals surface area contributed by atoms with Crippen molar-refractivity contribution in [2.75, 3.05) is 13.7 Å². The molecule has 10 heteroatoms. The van der Waals surface area contributed by atoms with Gasteiger partial charge in [0.2, 0.25) is 5.91 Å². The maximum atomic E-state index is 12.1. The van der Waals surface area contributed by atoms with Crippen LogP contribution in [0.4, 0.5) is 10.5 Å². The van der Waals surface area contributed by atoms with Crippen molar-refractivity contribution in [2.24, 2.45) is 5.73 Å². The van der Waals surface area contributed by atoms with Crippen molar-refractivity contribution in [1.82, 2.24) is 4.90 Å². The Morgan fingerprint density at radius 3 is 2.74 bits per heavy atom. The third kappa shape index (κ3) is 3.48. The summed E-state index contributed by atoms with van der Waals surface area (Å²) in [5.41, 5.74) is 5.07. The van der Waals surface area contributed by atoms with Crippen LogP contribution in [0.1, 0.15) is 5.56 Å². The fourth-order valence-electron chi connectivity index (χ4n) is 1.88. The van der Waals surface area contributed by atoms with Crippen LogP contribution >= 0.6 is 11.8 Å². The molecule has 1 heterocycles. The summed E-state index contributed by atoms with van der Waals surface area (Å²) >= 11 is 0.617. The van der Waals surface area contributed by atoms with Crippen molar-refractivity contribution in [1.29, 1.82) is 0 Å². The summed E-state index contributed by atoms with van der Waals surface area (Å²) in [5.74, 6) is -1.20. The van der Waals surface area contributed by atoms with E-state index in [-0.39, 0.29) is 16.2 Å². The van der Waals surface area contributed by atoms with Crippen molar-refractivity contribution in [3.8, 4) is 5.75 Å². The molecule has 120 valence electrons. The first-order chi connectivity index (χ1) is 10.8. The largest absolute Gasteiger partial charge is 0.496 e. The summed E-state index contributed by atoms with van der Waals surface area (Å²) in [6.07, 6.45) is 1.30. The highest BCUT2D eigenvalue weighted by molar-refractivity contribution is 8.18. The van der Waals surface area contributed by atoms with Crippen LogP contribution in [0.2, 0.25) is 0 Å². The number of carbonyl (C=O) groups excluding carboxylic acids is 3. The van der Waals surface area contributed by atoms with E-state index in [1.807, 2.05) is 0 Å². The number of amides is 3. The molecule has 0 saturated carbocycles. The number of primary amides is 1. The number of carbonyl (C=O) groups is 3. The molecule has 0 aromatic heterocycles. The third-order valence-electron chi connectivity index (χ3n) is 2.90. The van der Waals surface area contributed by atoms with Crippen LogP contribution in [0, 0.1) is 10.1 Å². The molecular formula is C13H11N3O6S. The number of benzene rings is 1. The monoisotopic (exact) mass is 337 g/mol. The number of methoxy groups -OCH3 is 1. The molecule has 23 heavy (non-hydrogen) atoms. The predicted molar refractivity (Wildman–Crippen MR) is 81.5 cm³/mol. The van der Waals surface area contributed by atoms with Gasteiger partial charge in [-0.25, -0.2) is 0 Å². The molecule has 0 unspecified atom stereocenters. The molecule has 0 bridgehead atoms. The van der Waals surface area contributed by atoms with Crippen LogP contribution in [0.25, 0.3) is 6.08 Å². The molecule has 3 amide bonds. The lowest BCUT2D eigenvalue weighted by molar-refractivity contribution is -0.384. The fraction of sp³-hybridized carbons (Fsp3) is 0.154. The van der Waals surface area contributed by atoms with Gasteiger partial charge in [-0.05, 0) is 23.9 Å². The molecule has 0 aliphatic carbocycles. The van der Waals surface area contributed by atoms with Crippen molar-refractivity contribution >= 4 is 40.6 Å². The van der Waals surface area contributed by atoms with E-state index in [0.29, 0.717) is 22.4 Å². The van der Waals surface area contributed by atoms with Crippen molar-refractivity contribution in [2.45, 2.75) is 0 Å². The lowest BCUT2D eigenvalue weighted by Gasteiger charge is -2.08. The fourth-order valence-corrected chi connectivity index (χ4v) is 2.71. The molecular weight excluding hydrogens is 326 g/mol. The second kappa shape index (κ2) is 6.48. The van der Waals surface area contributed by atoms with Gasteiger partial charge in [-0.3, -0.25) is 29.4 Å². The highest BCUT2D eigenvalue weighted by Crippen LogP contribution is 2.34. The molecule has 2 N–H and O–H groups in total. The standard InChI is InChI=1S/C13H11N3O6S/c1-22-9-3-2-8(16(20)21)4-7(9)5-10-12(18)15(6-11(14)17)13(19)23-10/h2-5H,6H2,1H3,(H2,14,17)/b10-5-. The van der Waals surface area contributed by atoms with Crippen molar-refractivity contribution in [3.05, 3.63) is 38.8 Å². The van der Waals surface area contributed by atoms with Crippen LogP contribution in [0.5, 0.6) is 5.75 Å². The van der Waals surface area contributed by atoms with Crippen molar-refractivity contribution in [3.63, 3.8) is 0 Å². The summed E-state index contributed by atoms with van der Waals surface area (Å²) in [5, 5.41) is 10.2. The van der Waals surface area contributed by atoms with E-state index >= 15 is 0 Å². The Balaban J connectivity index is 2.40. The van der Waals surface area contributed by atoms with Gasteiger partial charge in [-0.1, -0.05) is 0 Å². The summed E-state index contributed by atoms with van der Waals surface area (Å²) < 4.78 is 5.08. The molecule has 1 aliphatic heterocycles. The van der Waals surface area contributed by atoms with E-state index < -0.39 is 28.5 Å². The van der Waals surface area contributed by atoms with Gasteiger partial charge in [-0.15, -0.1) is 0 Å². The number of nitro groups is 1. The summed E-state index contributed by atoms with van der Waals surface area (Å²) in [6, 6.07) is 3.87. The minimum Gasteiger partial charge on any atom is -0.496 e. The second-order valence-corrected chi connectivity index (χ2v) is 5.41. The Labute approximate surface area is 134 Å². The van der Waals surface area contributed by atoms with Crippen LogP contribution in [-0.4, -0.2) is 40.5 Å². The highest BCUT2D eigenvalue weighted by atomic mass is 32.2. The zero-order chi connectivity index (χ0) is 17.1. The van der Waals surface area contributed by atoms with E-state index in [1.54, 1.807) is 0 Å². The Kier molecular flexibility index (Phi) is 4.65. The minimum atomic E-state index is -0.818. The number of thioether (sulfide) groups is 1. The van der Waals surface area contributed by atoms with Gasteiger partial charge < -0.3 is 10.5 Å². The zero-order valence-corrected chi connectivity index (χ0v) is 12.7. The number of hydrogen-bond donors (Lipinski definition) is 1. The van der Waals surface area contributed by atoms with E-state index in [9.17, 15) is 24.5 Å². The molecule has 1 aromatic carbocycles. The van der Waals surface area contributed by atoms with Gasteiger partial charge in [-0.2, -0.15) is 0 Å². The number of nitrogens with two attached hydrogens (primary N) is 1. The Morgan fingerprint density at radius 1 is 1.48 bits per heavy atom. The molecule has 2 rings (SSSR count). The summed E-state index contributed by atoms with van der Waals surface area (Å²) in [7, 11) is 1.37. The van der Waals surface area contributed by atoms with E-state index in [4.69, 9.17) is 10.5 Å². The van der Waals surface area contributed by atoms with Gasteiger partial charge in [0.25, 0.3) is 16.8 Å². The molecule has 1 fully saturated rings.